The van der Waals surface area contributed by atoms with Crippen LogP contribution in [-0.2, 0) is 0 Å². The summed E-state index contributed by atoms with van der Waals surface area (Å²) in [6, 6.07) is 0.749. The summed E-state index contributed by atoms with van der Waals surface area (Å²) in [6.07, 6.45) is 2.52. The SMILES string of the molecule is CC(C)N1CCC(NC(=O)N2CCCC(F)C2)CC1. The van der Waals surface area contributed by atoms with Crippen molar-refractivity contribution in [3.05, 3.63) is 0 Å². The average molecular weight is 271 g/mol. The number of likely N-dealkylation sites (tertiary alicyclic amines) is 2. The molecule has 0 aromatic heterocycles. The van der Waals surface area contributed by atoms with Crippen molar-refractivity contribution in [1.82, 2.24) is 15.1 Å². The van der Waals surface area contributed by atoms with Crippen molar-refractivity contribution >= 4 is 6.03 Å². The molecule has 1 unspecified atom stereocenters. The summed E-state index contributed by atoms with van der Waals surface area (Å²) in [7, 11) is 0. The number of nitrogens with zero attached hydrogens (tertiary/aromatic N) is 2. The number of hydrogen-bond acceptors (Lipinski definition) is 2. The van der Waals surface area contributed by atoms with Gasteiger partial charge in [-0.15, -0.1) is 0 Å². The lowest BCUT2D eigenvalue weighted by Gasteiger charge is -2.36. The molecule has 2 saturated heterocycles. The smallest absolute Gasteiger partial charge is 0.317 e. The van der Waals surface area contributed by atoms with Gasteiger partial charge in [-0.1, -0.05) is 0 Å². The van der Waals surface area contributed by atoms with E-state index in [0.717, 1.165) is 32.4 Å². The van der Waals surface area contributed by atoms with Crippen LogP contribution in [0.4, 0.5) is 9.18 Å². The van der Waals surface area contributed by atoms with Crippen LogP contribution in [-0.4, -0.2) is 60.3 Å². The zero-order valence-electron chi connectivity index (χ0n) is 12.1. The van der Waals surface area contributed by atoms with Gasteiger partial charge in [0.25, 0.3) is 0 Å². The number of alkyl halides is 1. The van der Waals surface area contributed by atoms with Gasteiger partial charge in [-0.05, 0) is 39.5 Å². The van der Waals surface area contributed by atoms with Gasteiger partial charge in [0.2, 0.25) is 0 Å². The van der Waals surface area contributed by atoms with E-state index in [9.17, 15) is 9.18 Å². The fraction of sp³-hybridized carbons (Fsp3) is 0.929. The van der Waals surface area contributed by atoms with Crippen molar-refractivity contribution < 1.29 is 9.18 Å². The Labute approximate surface area is 115 Å². The second-order valence-corrected chi connectivity index (χ2v) is 6.04. The lowest BCUT2D eigenvalue weighted by Crippen LogP contribution is -2.52. The minimum absolute atomic E-state index is 0.0784. The van der Waals surface area contributed by atoms with E-state index < -0.39 is 6.17 Å². The van der Waals surface area contributed by atoms with E-state index in [1.165, 1.54) is 0 Å². The number of halogens is 1. The van der Waals surface area contributed by atoms with E-state index in [1.54, 1.807) is 4.90 Å². The first kappa shape index (κ1) is 14.6. The average Bonchev–Trinajstić information content (AvgIpc) is 2.39. The molecule has 2 aliphatic heterocycles. The molecular weight excluding hydrogens is 245 g/mol. The zero-order chi connectivity index (χ0) is 13.8. The fourth-order valence-corrected chi connectivity index (χ4v) is 2.94. The summed E-state index contributed by atoms with van der Waals surface area (Å²) in [6.45, 7) is 7.43. The lowest BCUT2D eigenvalue weighted by molar-refractivity contribution is 0.130. The van der Waals surface area contributed by atoms with Crippen LogP contribution >= 0.6 is 0 Å². The number of hydrogen-bond donors (Lipinski definition) is 1. The number of rotatable bonds is 2. The Hall–Kier alpha value is -0.840. The van der Waals surface area contributed by atoms with Crippen molar-refractivity contribution in [1.29, 1.82) is 0 Å². The minimum atomic E-state index is -0.845. The van der Waals surface area contributed by atoms with Crippen molar-refractivity contribution in [2.24, 2.45) is 0 Å². The van der Waals surface area contributed by atoms with Gasteiger partial charge in [-0.2, -0.15) is 0 Å². The molecule has 1 N–H and O–H groups in total. The molecular formula is C14H26FN3O. The normalized spacial score (nSPS) is 26.7. The van der Waals surface area contributed by atoms with Gasteiger partial charge < -0.3 is 15.1 Å². The molecule has 4 nitrogen and oxygen atoms in total. The molecule has 0 spiro atoms. The summed E-state index contributed by atoms with van der Waals surface area (Å²) >= 11 is 0. The van der Waals surface area contributed by atoms with Crippen LogP contribution in [0.3, 0.4) is 0 Å². The van der Waals surface area contributed by atoms with Crippen LogP contribution in [0.1, 0.15) is 39.5 Å². The Bertz CT molecular complexity index is 303. The van der Waals surface area contributed by atoms with Crippen molar-refractivity contribution in [3.63, 3.8) is 0 Å². The maximum Gasteiger partial charge on any atom is 0.317 e. The number of piperidine rings is 2. The Kier molecular flexibility index (Phi) is 5.02. The van der Waals surface area contributed by atoms with Crippen LogP contribution in [0.2, 0.25) is 0 Å². The van der Waals surface area contributed by atoms with Crippen molar-refractivity contribution in [2.45, 2.75) is 57.8 Å². The molecule has 0 radical (unpaired) electrons. The Balaban J connectivity index is 1.74. The van der Waals surface area contributed by atoms with E-state index in [1.807, 2.05) is 0 Å². The van der Waals surface area contributed by atoms with Crippen LogP contribution in [0, 0.1) is 0 Å². The van der Waals surface area contributed by atoms with Gasteiger partial charge in [0.1, 0.15) is 6.17 Å². The second-order valence-electron chi connectivity index (χ2n) is 6.04. The maximum atomic E-state index is 13.3. The predicted molar refractivity (Wildman–Crippen MR) is 74.0 cm³/mol. The molecule has 2 heterocycles. The lowest BCUT2D eigenvalue weighted by atomic mass is 10.0. The first-order valence-corrected chi connectivity index (χ1v) is 7.50. The van der Waals surface area contributed by atoms with Gasteiger partial charge in [0.15, 0.2) is 0 Å². The molecule has 2 amide bonds. The van der Waals surface area contributed by atoms with Crippen LogP contribution in [0.5, 0.6) is 0 Å². The van der Waals surface area contributed by atoms with E-state index in [2.05, 4.69) is 24.1 Å². The summed E-state index contributed by atoms with van der Waals surface area (Å²) in [5.74, 6) is 0. The number of urea groups is 1. The Morgan fingerprint density at radius 3 is 2.47 bits per heavy atom. The Morgan fingerprint density at radius 1 is 1.21 bits per heavy atom. The third-order valence-electron chi connectivity index (χ3n) is 4.24. The summed E-state index contributed by atoms with van der Waals surface area (Å²) in [4.78, 5) is 16.1. The third kappa shape index (κ3) is 4.06. The highest BCUT2D eigenvalue weighted by Crippen LogP contribution is 2.15. The van der Waals surface area contributed by atoms with Gasteiger partial charge in [-0.3, -0.25) is 0 Å². The number of carbonyl (C=O) groups is 1. The fourth-order valence-electron chi connectivity index (χ4n) is 2.94. The van der Waals surface area contributed by atoms with Gasteiger partial charge in [-0.25, -0.2) is 9.18 Å². The monoisotopic (exact) mass is 271 g/mol. The summed E-state index contributed by atoms with van der Waals surface area (Å²) in [5.41, 5.74) is 0. The number of amides is 2. The highest BCUT2D eigenvalue weighted by atomic mass is 19.1. The second kappa shape index (κ2) is 6.55. The van der Waals surface area contributed by atoms with Crippen molar-refractivity contribution in [2.75, 3.05) is 26.2 Å². The largest absolute Gasteiger partial charge is 0.335 e. The van der Waals surface area contributed by atoms with E-state index in [-0.39, 0.29) is 18.6 Å². The first-order valence-electron chi connectivity index (χ1n) is 7.50. The van der Waals surface area contributed by atoms with Gasteiger partial charge in [0.05, 0.1) is 6.54 Å². The van der Waals surface area contributed by atoms with Crippen molar-refractivity contribution in [3.8, 4) is 0 Å². The number of carbonyl (C=O) groups excluding carboxylic acids is 1. The van der Waals surface area contributed by atoms with Crippen LogP contribution < -0.4 is 5.32 Å². The van der Waals surface area contributed by atoms with Gasteiger partial charge in [0, 0.05) is 31.7 Å². The number of nitrogens with one attached hydrogen (secondary N) is 1. The molecule has 2 aliphatic rings. The standard InChI is InChI=1S/C14H26FN3O/c1-11(2)17-8-5-13(6-9-17)16-14(19)18-7-3-4-12(15)10-18/h11-13H,3-10H2,1-2H3,(H,16,19). The summed E-state index contributed by atoms with van der Waals surface area (Å²) < 4.78 is 13.3. The quantitative estimate of drug-likeness (QED) is 0.834. The molecule has 2 rings (SSSR count). The van der Waals surface area contributed by atoms with E-state index in [4.69, 9.17) is 0 Å². The molecule has 19 heavy (non-hydrogen) atoms. The van der Waals surface area contributed by atoms with E-state index >= 15 is 0 Å². The highest BCUT2D eigenvalue weighted by Gasteiger charge is 2.26. The molecule has 0 aromatic rings. The first-order chi connectivity index (χ1) is 9.06. The van der Waals surface area contributed by atoms with Crippen LogP contribution in [0.15, 0.2) is 0 Å². The molecule has 0 aromatic carbocycles. The molecule has 0 saturated carbocycles. The van der Waals surface area contributed by atoms with E-state index in [0.29, 0.717) is 19.0 Å². The molecule has 0 bridgehead atoms. The highest BCUT2D eigenvalue weighted by molar-refractivity contribution is 5.74. The molecule has 2 fully saturated rings. The minimum Gasteiger partial charge on any atom is -0.335 e. The topological polar surface area (TPSA) is 35.6 Å². The van der Waals surface area contributed by atoms with Crippen LogP contribution in [0.25, 0.3) is 0 Å². The van der Waals surface area contributed by atoms with Gasteiger partial charge >= 0.3 is 6.03 Å². The maximum absolute atomic E-state index is 13.3. The molecule has 5 heteroatoms. The zero-order valence-corrected chi connectivity index (χ0v) is 12.1. The molecule has 110 valence electrons. The summed E-state index contributed by atoms with van der Waals surface area (Å²) in [5, 5.41) is 3.06. The predicted octanol–water partition coefficient (Wildman–Crippen LogP) is 2.00. The third-order valence-corrected chi connectivity index (χ3v) is 4.24. The Morgan fingerprint density at radius 2 is 1.89 bits per heavy atom. The molecule has 1 atom stereocenters. The molecule has 0 aliphatic carbocycles.